The third kappa shape index (κ3) is 4.09. The zero-order valence-electron chi connectivity index (χ0n) is 18.9. The highest BCUT2D eigenvalue weighted by Gasteiger charge is 2.25. The van der Waals surface area contributed by atoms with Gasteiger partial charge in [0.15, 0.2) is 5.82 Å². The molecule has 0 aliphatic heterocycles. The molecule has 1 atom stereocenters. The van der Waals surface area contributed by atoms with Crippen LogP contribution in [0.25, 0.3) is 22.8 Å². The number of benzene rings is 3. The lowest BCUT2D eigenvalue weighted by Gasteiger charge is -2.24. The van der Waals surface area contributed by atoms with Crippen LogP contribution >= 0.6 is 0 Å². The van der Waals surface area contributed by atoms with Gasteiger partial charge in [-0.25, -0.2) is 19.3 Å². The molecule has 0 spiro atoms. The molecule has 1 amide bonds. The van der Waals surface area contributed by atoms with E-state index in [1.807, 2.05) is 91.9 Å². The minimum atomic E-state index is -0.250. The van der Waals surface area contributed by atoms with E-state index in [-0.39, 0.29) is 17.8 Å². The summed E-state index contributed by atoms with van der Waals surface area (Å²) in [6, 6.07) is 27.1. The molecular formula is C26H23N7O. The number of hydrogen-bond acceptors (Lipinski definition) is 5. The normalized spacial score (nSPS) is 11.8. The Morgan fingerprint density at radius 3 is 2.21 bits per heavy atom. The summed E-state index contributed by atoms with van der Waals surface area (Å²) in [5, 5.41) is 8.74. The first-order valence-electron chi connectivity index (χ1n) is 10.9. The Hall–Kier alpha value is -4.59. The van der Waals surface area contributed by atoms with Crippen LogP contribution in [-0.2, 0) is 0 Å². The molecule has 0 bridgehead atoms. The van der Waals surface area contributed by atoms with Crippen molar-refractivity contribution in [2.45, 2.75) is 13.0 Å². The minimum Gasteiger partial charge on any atom is -0.332 e. The number of carbonyl (C=O) groups excluding carboxylic acids is 1. The van der Waals surface area contributed by atoms with Gasteiger partial charge >= 0.3 is 0 Å². The van der Waals surface area contributed by atoms with Gasteiger partial charge in [0.1, 0.15) is 12.7 Å². The van der Waals surface area contributed by atoms with E-state index in [1.165, 1.54) is 6.33 Å². The van der Waals surface area contributed by atoms with E-state index in [4.69, 9.17) is 0 Å². The quantitative estimate of drug-likeness (QED) is 0.385. The van der Waals surface area contributed by atoms with Gasteiger partial charge in [0, 0.05) is 12.6 Å². The zero-order valence-corrected chi connectivity index (χ0v) is 18.9. The van der Waals surface area contributed by atoms with Crippen molar-refractivity contribution in [1.82, 2.24) is 34.4 Å². The molecule has 1 unspecified atom stereocenters. The highest BCUT2D eigenvalue weighted by molar-refractivity contribution is 5.91. The van der Waals surface area contributed by atoms with Crippen molar-refractivity contribution >= 4 is 5.91 Å². The third-order valence-electron chi connectivity index (χ3n) is 5.79. The average Bonchev–Trinajstić information content (AvgIpc) is 3.60. The second-order valence-corrected chi connectivity index (χ2v) is 7.90. The number of rotatable bonds is 6. The molecule has 0 N–H and O–H groups in total. The fourth-order valence-electron chi connectivity index (χ4n) is 3.73. The van der Waals surface area contributed by atoms with Crippen LogP contribution in [0.1, 0.15) is 29.1 Å². The molecular weight excluding hydrogens is 426 g/mol. The van der Waals surface area contributed by atoms with E-state index in [9.17, 15) is 4.79 Å². The van der Waals surface area contributed by atoms with Crippen molar-refractivity contribution in [2.75, 3.05) is 7.05 Å². The summed E-state index contributed by atoms with van der Waals surface area (Å²) in [6.07, 6.45) is 3.14. The maximum Gasteiger partial charge on any atom is 0.293 e. The molecule has 168 valence electrons. The summed E-state index contributed by atoms with van der Waals surface area (Å²) in [4.78, 5) is 23.7. The van der Waals surface area contributed by atoms with Gasteiger partial charge in [-0.05, 0) is 36.8 Å². The lowest BCUT2D eigenvalue weighted by molar-refractivity contribution is 0.0730. The van der Waals surface area contributed by atoms with Gasteiger partial charge in [-0.15, -0.1) is 5.10 Å². The first-order valence-corrected chi connectivity index (χ1v) is 10.9. The Morgan fingerprint density at radius 1 is 0.882 bits per heavy atom. The molecule has 3 aromatic carbocycles. The first kappa shape index (κ1) is 21.3. The molecule has 5 rings (SSSR count). The fourth-order valence-corrected chi connectivity index (χ4v) is 3.73. The predicted octanol–water partition coefficient (Wildman–Crippen LogP) is 4.35. The van der Waals surface area contributed by atoms with Gasteiger partial charge in [-0.3, -0.25) is 4.79 Å². The Balaban J connectivity index is 1.44. The van der Waals surface area contributed by atoms with Crippen LogP contribution in [-0.4, -0.2) is 47.4 Å². The molecule has 0 aliphatic rings. The monoisotopic (exact) mass is 449 g/mol. The van der Waals surface area contributed by atoms with Gasteiger partial charge in [0.2, 0.25) is 5.82 Å². The molecule has 0 fully saturated rings. The van der Waals surface area contributed by atoms with Crippen LogP contribution < -0.4 is 0 Å². The van der Waals surface area contributed by atoms with Crippen molar-refractivity contribution in [3.8, 4) is 22.8 Å². The maximum atomic E-state index is 13.4. The van der Waals surface area contributed by atoms with Crippen LogP contribution in [0, 0.1) is 0 Å². The highest BCUT2D eigenvalue weighted by Crippen LogP contribution is 2.24. The van der Waals surface area contributed by atoms with Gasteiger partial charge in [-0.1, -0.05) is 60.7 Å². The topological polar surface area (TPSA) is 81.7 Å². The lowest BCUT2D eigenvalue weighted by Crippen LogP contribution is -2.30. The van der Waals surface area contributed by atoms with E-state index in [0.717, 1.165) is 22.5 Å². The van der Waals surface area contributed by atoms with Gasteiger partial charge in [0.25, 0.3) is 5.91 Å². The van der Waals surface area contributed by atoms with E-state index in [0.29, 0.717) is 5.82 Å². The molecule has 8 heteroatoms. The molecule has 0 saturated heterocycles. The van der Waals surface area contributed by atoms with E-state index in [1.54, 1.807) is 27.6 Å². The molecule has 0 radical (unpaired) electrons. The Morgan fingerprint density at radius 2 is 1.56 bits per heavy atom. The highest BCUT2D eigenvalue weighted by atomic mass is 16.2. The smallest absolute Gasteiger partial charge is 0.293 e. The molecule has 0 saturated carbocycles. The standard InChI is InChI=1S/C26H23N7O/c1-19(20-13-15-22(16-14-20)32-18-27-17-28-32)31(2)26(34)24-29-25(21-9-5-3-6-10-21)33(30-24)23-11-7-4-8-12-23/h3-19H,1-2H3. The predicted molar refractivity (Wildman–Crippen MR) is 129 cm³/mol. The van der Waals surface area contributed by atoms with Crippen molar-refractivity contribution in [3.63, 3.8) is 0 Å². The van der Waals surface area contributed by atoms with E-state index >= 15 is 0 Å². The number of carbonyl (C=O) groups is 1. The van der Waals surface area contributed by atoms with Crippen molar-refractivity contribution in [2.24, 2.45) is 0 Å². The largest absolute Gasteiger partial charge is 0.332 e. The second-order valence-electron chi connectivity index (χ2n) is 7.90. The first-order chi connectivity index (χ1) is 16.6. The third-order valence-corrected chi connectivity index (χ3v) is 5.79. The van der Waals surface area contributed by atoms with Crippen molar-refractivity contribution < 1.29 is 4.79 Å². The maximum absolute atomic E-state index is 13.4. The van der Waals surface area contributed by atoms with Crippen LogP contribution in [0.5, 0.6) is 0 Å². The summed E-state index contributed by atoms with van der Waals surface area (Å²) in [7, 11) is 1.77. The van der Waals surface area contributed by atoms with Gasteiger partial charge in [-0.2, -0.15) is 5.10 Å². The van der Waals surface area contributed by atoms with E-state index < -0.39 is 0 Å². The molecule has 2 aromatic heterocycles. The number of nitrogens with zero attached hydrogens (tertiary/aromatic N) is 7. The average molecular weight is 450 g/mol. The van der Waals surface area contributed by atoms with Crippen LogP contribution in [0.2, 0.25) is 0 Å². The number of aromatic nitrogens is 6. The van der Waals surface area contributed by atoms with Crippen LogP contribution in [0.3, 0.4) is 0 Å². The van der Waals surface area contributed by atoms with Gasteiger partial charge in [0.05, 0.1) is 17.4 Å². The number of hydrogen-bond donors (Lipinski definition) is 0. The molecule has 34 heavy (non-hydrogen) atoms. The Labute approximate surface area is 197 Å². The van der Waals surface area contributed by atoms with Crippen LogP contribution in [0.15, 0.2) is 97.6 Å². The summed E-state index contributed by atoms with van der Waals surface area (Å²) in [5.74, 6) is 0.518. The number of amides is 1. The summed E-state index contributed by atoms with van der Waals surface area (Å²) in [6.45, 7) is 1.98. The number of para-hydroxylation sites is 1. The van der Waals surface area contributed by atoms with Crippen molar-refractivity contribution in [1.29, 1.82) is 0 Å². The molecule has 8 nitrogen and oxygen atoms in total. The lowest BCUT2D eigenvalue weighted by atomic mass is 10.1. The summed E-state index contributed by atoms with van der Waals surface area (Å²) < 4.78 is 3.41. The SMILES string of the molecule is CC(c1ccc(-n2cncn2)cc1)N(C)C(=O)c1nc(-c2ccccc2)n(-c2ccccc2)n1. The Bertz CT molecular complexity index is 1320. The minimum absolute atomic E-state index is 0.149. The van der Waals surface area contributed by atoms with Gasteiger partial charge < -0.3 is 4.90 Å². The summed E-state index contributed by atoms with van der Waals surface area (Å²) in [5.41, 5.74) is 3.62. The van der Waals surface area contributed by atoms with E-state index in [2.05, 4.69) is 20.2 Å². The van der Waals surface area contributed by atoms with Crippen molar-refractivity contribution in [3.05, 3.63) is 109 Å². The molecule has 2 heterocycles. The fraction of sp³-hybridized carbons (Fsp3) is 0.115. The molecule has 5 aromatic rings. The summed E-state index contributed by atoms with van der Waals surface area (Å²) >= 11 is 0. The molecule has 0 aliphatic carbocycles. The Kier molecular flexibility index (Phi) is 5.70. The zero-order chi connectivity index (χ0) is 23.5. The van der Waals surface area contributed by atoms with Crippen LogP contribution in [0.4, 0.5) is 0 Å². The second kappa shape index (κ2) is 9.11.